The Bertz CT molecular complexity index is 1030. The third kappa shape index (κ3) is 5.85. The van der Waals surface area contributed by atoms with Crippen molar-refractivity contribution in [3.63, 3.8) is 0 Å². The molecular weight excluding hydrogens is 422 g/mol. The lowest BCUT2D eigenvalue weighted by Crippen LogP contribution is -2.51. The predicted octanol–water partition coefficient (Wildman–Crippen LogP) is 2.27. The molecule has 2 aliphatic rings. The van der Waals surface area contributed by atoms with Crippen LogP contribution in [0.2, 0.25) is 0 Å². The topological polar surface area (TPSA) is 134 Å². The molecule has 0 bridgehead atoms. The minimum atomic E-state index is -0.784. The van der Waals surface area contributed by atoms with Crippen molar-refractivity contribution in [1.29, 1.82) is 0 Å². The van der Waals surface area contributed by atoms with Gasteiger partial charge in [0, 0.05) is 24.9 Å². The van der Waals surface area contributed by atoms with Crippen molar-refractivity contribution in [2.45, 2.75) is 58.9 Å². The van der Waals surface area contributed by atoms with Crippen LogP contribution in [0.4, 0.5) is 5.69 Å². The quantitative estimate of drug-likeness (QED) is 0.588. The van der Waals surface area contributed by atoms with Gasteiger partial charge in [0.15, 0.2) is 0 Å². The molecule has 2 aliphatic heterocycles. The molecule has 0 saturated carbocycles. The highest BCUT2D eigenvalue weighted by atomic mass is 16.2. The number of anilines is 1. The van der Waals surface area contributed by atoms with Gasteiger partial charge in [-0.3, -0.25) is 24.2 Å². The lowest BCUT2D eigenvalue weighted by atomic mass is 9.87. The van der Waals surface area contributed by atoms with Crippen LogP contribution in [0.25, 0.3) is 0 Å². The van der Waals surface area contributed by atoms with Gasteiger partial charge in [0.1, 0.15) is 0 Å². The molecule has 176 valence electrons. The Labute approximate surface area is 193 Å². The molecule has 1 aromatic rings. The highest BCUT2D eigenvalue weighted by molar-refractivity contribution is 6.39. The number of amides is 4. The zero-order valence-electron chi connectivity index (χ0n) is 19.3. The molecule has 3 rings (SSSR count). The Kier molecular flexibility index (Phi) is 7.63. The van der Waals surface area contributed by atoms with Gasteiger partial charge in [-0.1, -0.05) is 19.9 Å². The van der Waals surface area contributed by atoms with Crippen molar-refractivity contribution in [1.82, 2.24) is 15.2 Å². The second-order valence-electron chi connectivity index (χ2n) is 8.71. The minimum Gasteiger partial charge on any atom is -0.366 e. The van der Waals surface area contributed by atoms with E-state index >= 15 is 0 Å². The number of rotatable bonds is 5. The summed E-state index contributed by atoms with van der Waals surface area (Å²) in [5, 5.41) is 5.42. The Balaban J connectivity index is 1.83. The molecule has 0 aliphatic carbocycles. The highest BCUT2D eigenvalue weighted by Gasteiger charge is 2.35. The van der Waals surface area contributed by atoms with E-state index in [1.54, 1.807) is 4.90 Å². The molecule has 3 heterocycles. The van der Waals surface area contributed by atoms with Crippen LogP contribution >= 0.6 is 0 Å². The first kappa shape index (κ1) is 24.2. The fourth-order valence-corrected chi connectivity index (χ4v) is 4.35. The van der Waals surface area contributed by atoms with Crippen molar-refractivity contribution < 1.29 is 19.2 Å². The predicted molar refractivity (Wildman–Crippen MR) is 124 cm³/mol. The molecule has 0 aromatic carbocycles. The third-order valence-corrected chi connectivity index (χ3v) is 6.18. The van der Waals surface area contributed by atoms with E-state index in [2.05, 4.69) is 28.6 Å². The molecule has 1 unspecified atom stereocenters. The zero-order chi connectivity index (χ0) is 24.1. The van der Waals surface area contributed by atoms with Gasteiger partial charge in [-0.05, 0) is 55.7 Å². The first-order valence-corrected chi connectivity index (χ1v) is 11.3. The number of carbonyl (C=O) groups is 4. The van der Waals surface area contributed by atoms with Crippen LogP contribution < -0.4 is 16.4 Å². The number of nitrogens with one attached hydrogen (secondary N) is 2. The van der Waals surface area contributed by atoms with E-state index in [1.807, 2.05) is 13.8 Å². The summed E-state index contributed by atoms with van der Waals surface area (Å²) in [6, 6.07) is 1.19. The Morgan fingerprint density at radius 1 is 1.27 bits per heavy atom. The first-order valence-electron chi connectivity index (χ1n) is 11.3. The third-order valence-electron chi connectivity index (χ3n) is 6.18. The Morgan fingerprint density at radius 3 is 2.70 bits per heavy atom. The summed E-state index contributed by atoms with van der Waals surface area (Å²) < 4.78 is 0. The maximum atomic E-state index is 13.2. The molecule has 1 saturated heterocycles. The number of nitrogens with two attached hydrogens (primary N) is 1. The molecule has 0 radical (unpaired) electrons. The number of likely N-dealkylation sites (tertiary alicyclic amines) is 1. The summed E-state index contributed by atoms with van der Waals surface area (Å²) >= 11 is 0. The van der Waals surface area contributed by atoms with Crippen LogP contribution in [0.15, 0.2) is 41.4 Å². The SMILES string of the molecule is CC/C(=C\C1=C(C)NC(=O)CC1)C1CC[C@@H](C)CN1C(=O)C(=O)Nc1cncc(C(N)=O)c1. The lowest BCUT2D eigenvalue weighted by Gasteiger charge is -2.39. The van der Waals surface area contributed by atoms with Crippen LogP contribution in [0, 0.1) is 5.92 Å². The molecule has 9 heteroatoms. The van der Waals surface area contributed by atoms with Crippen LogP contribution in [-0.4, -0.2) is 46.1 Å². The van der Waals surface area contributed by atoms with E-state index in [1.165, 1.54) is 18.5 Å². The molecule has 1 aromatic heterocycles. The van der Waals surface area contributed by atoms with Crippen LogP contribution in [-0.2, 0) is 14.4 Å². The van der Waals surface area contributed by atoms with Gasteiger partial charge in [-0.15, -0.1) is 0 Å². The summed E-state index contributed by atoms with van der Waals surface area (Å²) in [7, 11) is 0. The molecule has 0 spiro atoms. The fraction of sp³-hybridized carbons (Fsp3) is 0.458. The Morgan fingerprint density at radius 2 is 2.03 bits per heavy atom. The second-order valence-corrected chi connectivity index (χ2v) is 8.71. The number of pyridine rings is 1. The lowest BCUT2D eigenvalue weighted by molar-refractivity contribution is -0.145. The van der Waals surface area contributed by atoms with Crippen molar-refractivity contribution in [2.75, 3.05) is 11.9 Å². The first-order chi connectivity index (χ1) is 15.7. The summed E-state index contributed by atoms with van der Waals surface area (Å²) in [5.74, 6) is -1.80. The average molecular weight is 454 g/mol. The molecule has 33 heavy (non-hydrogen) atoms. The van der Waals surface area contributed by atoms with Crippen molar-refractivity contribution in [3.05, 3.63) is 46.9 Å². The number of aromatic nitrogens is 1. The number of piperidine rings is 1. The van der Waals surface area contributed by atoms with Gasteiger partial charge in [0.25, 0.3) is 0 Å². The van der Waals surface area contributed by atoms with Crippen molar-refractivity contribution >= 4 is 29.3 Å². The second kappa shape index (κ2) is 10.4. The van der Waals surface area contributed by atoms with Gasteiger partial charge in [-0.25, -0.2) is 0 Å². The summed E-state index contributed by atoms with van der Waals surface area (Å²) in [6.07, 6.45) is 8.26. The van der Waals surface area contributed by atoms with E-state index in [-0.39, 0.29) is 29.1 Å². The Hall–Kier alpha value is -3.49. The van der Waals surface area contributed by atoms with Crippen LogP contribution in [0.5, 0.6) is 0 Å². The highest BCUT2D eigenvalue weighted by Crippen LogP contribution is 2.30. The van der Waals surface area contributed by atoms with Crippen molar-refractivity contribution in [3.8, 4) is 0 Å². The van der Waals surface area contributed by atoms with E-state index in [0.29, 0.717) is 19.4 Å². The van der Waals surface area contributed by atoms with E-state index in [4.69, 9.17) is 5.73 Å². The maximum absolute atomic E-state index is 13.2. The van der Waals surface area contributed by atoms with Gasteiger partial charge in [0.05, 0.1) is 23.5 Å². The zero-order valence-corrected chi connectivity index (χ0v) is 19.3. The molecule has 4 N–H and O–H groups in total. The average Bonchev–Trinajstić information content (AvgIpc) is 2.78. The standard InChI is InChI=1S/C24H31N5O4/c1-4-16(9-17-6-8-21(30)27-15(17)3)20-7-5-14(2)13-29(20)24(33)23(32)28-19-10-18(22(25)31)11-26-12-19/h9-12,14,20H,4-8,13H2,1-3H3,(H2,25,31)(H,27,30)(H,28,32)/b16-9+/t14-,20?/m1/s1. The van der Waals surface area contributed by atoms with Gasteiger partial charge >= 0.3 is 11.8 Å². The van der Waals surface area contributed by atoms with Gasteiger partial charge < -0.3 is 21.3 Å². The van der Waals surface area contributed by atoms with Gasteiger partial charge in [-0.2, -0.15) is 0 Å². The summed E-state index contributed by atoms with van der Waals surface area (Å²) in [4.78, 5) is 54.6. The largest absolute Gasteiger partial charge is 0.366 e. The van der Waals surface area contributed by atoms with Crippen LogP contribution in [0.3, 0.4) is 0 Å². The van der Waals surface area contributed by atoms with Crippen LogP contribution in [0.1, 0.15) is 63.2 Å². The maximum Gasteiger partial charge on any atom is 0.313 e. The molecular formula is C24H31N5O4. The van der Waals surface area contributed by atoms with E-state index < -0.39 is 17.7 Å². The molecule has 4 amide bonds. The van der Waals surface area contributed by atoms with Gasteiger partial charge in [0.2, 0.25) is 11.8 Å². The summed E-state index contributed by atoms with van der Waals surface area (Å²) in [5.41, 5.74) is 8.59. The van der Waals surface area contributed by atoms with Crippen molar-refractivity contribution in [2.24, 2.45) is 11.7 Å². The smallest absolute Gasteiger partial charge is 0.313 e. The number of allylic oxidation sites excluding steroid dienone is 3. The summed E-state index contributed by atoms with van der Waals surface area (Å²) in [6.45, 7) is 6.45. The monoisotopic (exact) mass is 453 g/mol. The van der Waals surface area contributed by atoms with E-state index in [0.717, 1.165) is 36.1 Å². The number of primary amides is 1. The molecule has 1 fully saturated rings. The number of nitrogens with zero attached hydrogens (tertiary/aromatic N) is 2. The molecule has 9 nitrogen and oxygen atoms in total. The number of hydrogen-bond donors (Lipinski definition) is 3. The molecule has 2 atom stereocenters. The number of carbonyl (C=O) groups excluding carboxylic acids is 4. The fourth-order valence-electron chi connectivity index (χ4n) is 4.35. The minimum absolute atomic E-state index is 0.0116. The number of hydrogen-bond acceptors (Lipinski definition) is 5. The normalized spacial score (nSPS) is 21.5. The van der Waals surface area contributed by atoms with E-state index in [9.17, 15) is 19.2 Å².